The zero-order valence-corrected chi connectivity index (χ0v) is 59.7. The summed E-state index contributed by atoms with van der Waals surface area (Å²) in [7, 11) is 0. The Morgan fingerprint density at radius 2 is 0.457 bits per heavy atom. The van der Waals surface area contributed by atoms with Crippen molar-refractivity contribution in [1.82, 2.24) is 18.3 Å². The second-order valence-electron chi connectivity index (χ2n) is 35.5. The molecule has 1 aliphatic rings. The predicted octanol–water partition coefficient (Wildman–Crippen LogP) is 24.7. The fourth-order valence-corrected chi connectivity index (χ4v) is 14.6. The minimum absolute atomic E-state index is 0.119. The van der Waals surface area contributed by atoms with Crippen LogP contribution in [-0.2, 0) is 44.3 Å². The van der Waals surface area contributed by atoms with Crippen molar-refractivity contribution in [3.8, 4) is 22.7 Å². The maximum Gasteiger partial charge on any atom is 0.175 e. The van der Waals surface area contributed by atoms with Crippen molar-refractivity contribution in [2.75, 3.05) is 0 Å². The Hall–Kier alpha value is -7.70. The molecule has 0 unspecified atom stereocenters. The Bertz CT molecular complexity index is 4900. The van der Waals surface area contributed by atoms with Gasteiger partial charge in [0.05, 0.1) is 38.6 Å². The van der Waals surface area contributed by atoms with Crippen LogP contribution in [0, 0.1) is 17.0 Å². The van der Waals surface area contributed by atoms with Gasteiger partial charge in [0, 0.05) is 49.0 Å². The first-order chi connectivity index (χ1) is 42.5. The minimum Gasteiger partial charge on any atom is -0.308 e. The Labute approximate surface area is 546 Å². The van der Waals surface area contributed by atoms with Gasteiger partial charge in [-0.25, -0.2) is 8.78 Å². The van der Waals surface area contributed by atoms with Crippen LogP contribution in [0.3, 0.4) is 0 Å². The van der Waals surface area contributed by atoms with E-state index in [9.17, 15) is 0 Å². The number of allylic oxidation sites excluding steroid dienone is 1. The fraction of sp³-hybridized carbons (Fsp3) is 0.395. The van der Waals surface area contributed by atoms with E-state index in [-0.39, 0.29) is 66.1 Å². The molecule has 0 atom stereocenters. The highest BCUT2D eigenvalue weighted by molar-refractivity contribution is 6.14. The van der Waals surface area contributed by atoms with E-state index < -0.39 is 11.6 Å². The van der Waals surface area contributed by atoms with E-state index in [4.69, 9.17) is 0 Å². The lowest BCUT2D eigenvalue weighted by Crippen LogP contribution is -2.19. The van der Waals surface area contributed by atoms with Gasteiger partial charge in [0.15, 0.2) is 11.6 Å². The lowest BCUT2D eigenvalue weighted by atomic mass is 9.79. The molecule has 4 nitrogen and oxygen atoms in total. The third-order valence-corrected chi connectivity index (χ3v) is 20.6. The van der Waals surface area contributed by atoms with Crippen molar-refractivity contribution in [3.05, 3.63) is 195 Å². The maximum absolute atomic E-state index is 21.7. The van der Waals surface area contributed by atoms with Gasteiger partial charge < -0.3 is 18.3 Å². The molecule has 8 aromatic carbocycles. The largest absolute Gasteiger partial charge is 0.308 e. The number of rotatable bonds is 4. The van der Waals surface area contributed by atoms with E-state index in [1.54, 1.807) is 0 Å². The third kappa shape index (κ3) is 10.1. The smallest absolute Gasteiger partial charge is 0.175 e. The second-order valence-corrected chi connectivity index (χ2v) is 35.5. The highest BCUT2D eigenvalue weighted by Crippen LogP contribution is 2.51. The molecular weight excluding hydrogens is 1130 g/mol. The van der Waals surface area contributed by atoms with Crippen molar-refractivity contribution in [2.45, 2.75) is 217 Å². The molecule has 6 heteroatoms. The van der Waals surface area contributed by atoms with E-state index in [0.29, 0.717) is 6.42 Å². The van der Waals surface area contributed by atoms with Gasteiger partial charge in [-0.1, -0.05) is 220 Å². The molecule has 1 aliphatic carbocycles. The molecule has 0 bridgehead atoms. The molecule has 0 amide bonds. The summed E-state index contributed by atoms with van der Waals surface area (Å²) < 4.78 is 51.9. The van der Waals surface area contributed by atoms with E-state index >= 15 is 8.78 Å². The molecule has 0 aliphatic heterocycles. The Kier molecular flexibility index (Phi) is 14.0. The maximum atomic E-state index is 21.7. The van der Waals surface area contributed by atoms with Crippen LogP contribution in [0.5, 0.6) is 0 Å². The topological polar surface area (TPSA) is 19.7 Å². The van der Waals surface area contributed by atoms with Crippen LogP contribution in [0.4, 0.5) is 8.78 Å². The molecular formula is C86H98F2N4. The van der Waals surface area contributed by atoms with E-state index in [2.05, 4.69) is 318 Å². The first-order valence-corrected chi connectivity index (χ1v) is 33.8. The van der Waals surface area contributed by atoms with Crippen molar-refractivity contribution in [1.29, 1.82) is 0 Å². The molecule has 0 radical (unpaired) electrons. The van der Waals surface area contributed by atoms with E-state index in [0.717, 1.165) is 116 Å². The lowest BCUT2D eigenvalue weighted by Gasteiger charge is -2.29. The molecule has 0 spiro atoms. The van der Waals surface area contributed by atoms with Gasteiger partial charge in [0.2, 0.25) is 0 Å². The Morgan fingerprint density at radius 1 is 0.250 bits per heavy atom. The first kappa shape index (κ1) is 63.1. The molecule has 13 rings (SSSR count). The molecule has 0 N–H and O–H groups in total. The molecule has 92 heavy (non-hydrogen) atoms. The van der Waals surface area contributed by atoms with Crippen LogP contribution in [-0.4, -0.2) is 18.3 Å². The molecule has 4 heterocycles. The first-order valence-electron chi connectivity index (χ1n) is 33.8. The number of hydrogen-bond donors (Lipinski definition) is 0. The number of nitrogens with zero attached hydrogens (tertiary/aromatic N) is 4. The summed E-state index contributed by atoms with van der Waals surface area (Å²) in [4.78, 5) is 0. The summed E-state index contributed by atoms with van der Waals surface area (Å²) in [6.07, 6.45) is 3.79. The molecule has 476 valence electrons. The number of hydrogen-bond acceptors (Lipinski definition) is 0. The van der Waals surface area contributed by atoms with Crippen LogP contribution >= 0.6 is 0 Å². The highest BCUT2D eigenvalue weighted by atomic mass is 19.1. The third-order valence-electron chi connectivity index (χ3n) is 20.6. The van der Waals surface area contributed by atoms with Gasteiger partial charge in [-0.2, -0.15) is 0 Å². The zero-order valence-electron chi connectivity index (χ0n) is 59.7. The van der Waals surface area contributed by atoms with Gasteiger partial charge in [-0.05, 0) is 180 Å². The number of aromatic nitrogens is 4. The number of benzene rings is 8. The molecule has 0 saturated carbocycles. The van der Waals surface area contributed by atoms with Crippen molar-refractivity contribution >= 4 is 82.4 Å². The number of fused-ring (bicyclic) bond motifs is 12. The standard InChI is InChI=1S/C86H98F2N4/c1-79(2,3)49-25-33-65-57(41-49)58-42-50(80(4,5)6)26-34-66(58)89(65)75-73(87)77(91-69-37-29-53(83(13,14)15)45-61(69)62-46-54(84(16,17)18)30-38-70(62)91)78(92-71-39-31-55(85(19,20)21)47-63(71)64-48-56(86(22,23)24)32-40-72(64)92)74(88)76(75)90-67-35-27-51(81(7,8)9)43-59(67)60-44-52(82(10,11)12)28-36-68(60)90/h25-31,33-39,41-48H,32,40H2,1-24H3. The average molecular weight is 1230 g/mol. The van der Waals surface area contributed by atoms with Gasteiger partial charge in [-0.3, -0.25) is 0 Å². The summed E-state index contributed by atoms with van der Waals surface area (Å²) in [6, 6.07) is 46.8. The number of halogens is 2. The van der Waals surface area contributed by atoms with E-state index in [1.165, 1.54) is 22.3 Å². The van der Waals surface area contributed by atoms with Crippen molar-refractivity contribution < 1.29 is 8.78 Å². The SMILES string of the molecule is CC(C)(C)C1=Cc2c(n(-c3c(F)c(-n4c5ccc(C(C)(C)C)cc5c5cc(C(C)(C)C)ccc54)c(-n4c5ccc(C(C)(C)C)cc5c5cc(C(C)(C)C)ccc54)c(F)c3-n3c4ccc(C(C)(C)C)cc4c4cc(C(C)(C)C)ccc43)c3ccc(C(C)(C)C)cc23)CC1. The second kappa shape index (κ2) is 20.4. The predicted molar refractivity (Wildman–Crippen MR) is 393 cm³/mol. The van der Waals surface area contributed by atoms with Crippen LogP contribution in [0.1, 0.15) is 223 Å². The van der Waals surface area contributed by atoms with Gasteiger partial charge >= 0.3 is 0 Å². The molecule has 0 saturated heterocycles. The summed E-state index contributed by atoms with van der Waals surface area (Å²) in [5.41, 5.74) is 16.3. The normalized spacial score (nSPS) is 14.4. The summed E-state index contributed by atoms with van der Waals surface area (Å²) in [6.45, 7) is 54.1. The van der Waals surface area contributed by atoms with Gasteiger partial charge in [0.1, 0.15) is 22.7 Å². The Balaban J connectivity index is 1.34. The van der Waals surface area contributed by atoms with Crippen molar-refractivity contribution in [3.63, 3.8) is 0 Å². The summed E-state index contributed by atoms with van der Waals surface area (Å²) in [5, 5.41) is 6.99. The molecule has 0 fully saturated rings. The van der Waals surface area contributed by atoms with Crippen LogP contribution in [0.25, 0.3) is 105 Å². The fourth-order valence-electron chi connectivity index (χ4n) is 14.6. The van der Waals surface area contributed by atoms with Crippen LogP contribution < -0.4 is 0 Å². The lowest BCUT2D eigenvalue weighted by molar-refractivity contribution is 0.482. The Morgan fingerprint density at radius 3 is 0.674 bits per heavy atom. The summed E-state index contributed by atoms with van der Waals surface area (Å²) in [5.74, 6) is -1.04. The van der Waals surface area contributed by atoms with E-state index in [1.807, 2.05) is 0 Å². The highest BCUT2D eigenvalue weighted by Gasteiger charge is 2.38. The molecule has 12 aromatic rings. The zero-order chi connectivity index (χ0) is 66.6. The molecule has 4 aromatic heterocycles. The van der Waals surface area contributed by atoms with Crippen LogP contribution in [0.2, 0.25) is 0 Å². The quantitative estimate of drug-likeness (QED) is 0.167. The minimum atomic E-state index is -0.523. The van der Waals surface area contributed by atoms with Gasteiger partial charge in [-0.15, -0.1) is 0 Å². The van der Waals surface area contributed by atoms with Gasteiger partial charge in [0.25, 0.3) is 0 Å². The van der Waals surface area contributed by atoms with Crippen molar-refractivity contribution in [2.24, 2.45) is 5.41 Å². The monoisotopic (exact) mass is 1220 g/mol. The summed E-state index contributed by atoms with van der Waals surface area (Å²) >= 11 is 0. The van der Waals surface area contributed by atoms with Crippen LogP contribution in [0.15, 0.2) is 133 Å². The average Bonchev–Trinajstić information content (AvgIpc) is 1.48.